The number of rotatable bonds is 3. The van der Waals surface area contributed by atoms with Gasteiger partial charge in [-0.15, -0.1) is 10.2 Å². The zero-order valence-electron chi connectivity index (χ0n) is 14.4. The fourth-order valence-corrected chi connectivity index (χ4v) is 3.68. The van der Waals surface area contributed by atoms with E-state index in [1.807, 2.05) is 24.3 Å². The Morgan fingerprint density at radius 2 is 1.96 bits per heavy atom. The van der Waals surface area contributed by atoms with Crippen LogP contribution < -0.4 is 5.32 Å². The molecule has 5 heteroatoms. The number of amides is 1. The van der Waals surface area contributed by atoms with E-state index in [2.05, 4.69) is 32.2 Å². The summed E-state index contributed by atoms with van der Waals surface area (Å²) < 4.78 is 2.24. The highest BCUT2D eigenvalue weighted by Crippen LogP contribution is 2.25. The molecule has 1 N–H and O–H groups in total. The van der Waals surface area contributed by atoms with Crippen LogP contribution in [0.25, 0.3) is 11.4 Å². The van der Waals surface area contributed by atoms with Crippen molar-refractivity contribution in [3.05, 3.63) is 42.2 Å². The molecule has 1 aromatic carbocycles. The van der Waals surface area contributed by atoms with Gasteiger partial charge in [-0.2, -0.15) is 0 Å². The molecule has 2 aliphatic rings. The van der Waals surface area contributed by atoms with Crippen LogP contribution in [0.5, 0.6) is 0 Å². The minimum absolute atomic E-state index is 0.0944. The number of nitrogens with zero attached hydrogens (tertiary/aromatic N) is 3. The Kier molecular flexibility index (Phi) is 4.63. The molecule has 1 aliphatic carbocycles. The lowest BCUT2D eigenvalue weighted by Crippen LogP contribution is -2.23. The van der Waals surface area contributed by atoms with Gasteiger partial charge < -0.3 is 9.88 Å². The number of benzene rings is 1. The average molecular weight is 336 g/mol. The number of aryl methyl sites for hydroxylation is 1. The van der Waals surface area contributed by atoms with Crippen molar-refractivity contribution in [1.29, 1.82) is 0 Å². The smallest absolute Gasteiger partial charge is 0.227 e. The fourth-order valence-electron chi connectivity index (χ4n) is 3.68. The molecule has 0 fully saturated rings. The fraction of sp³-hybridized carbons (Fsp3) is 0.450. The number of carbonyl (C=O) groups excluding carboxylic acids is 1. The highest BCUT2D eigenvalue weighted by atomic mass is 16.1. The SMILES string of the molecule is O=C(Nc1ccc(-c2nnc3n2CCCCC3)cc1)C1CC=CCC1. The van der Waals surface area contributed by atoms with Gasteiger partial charge in [0.15, 0.2) is 5.82 Å². The molecule has 5 nitrogen and oxygen atoms in total. The lowest BCUT2D eigenvalue weighted by Gasteiger charge is -2.17. The maximum atomic E-state index is 12.3. The number of allylic oxidation sites excluding steroid dienone is 2. The van der Waals surface area contributed by atoms with Gasteiger partial charge in [0.2, 0.25) is 5.91 Å². The summed E-state index contributed by atoms with van der Waals surface area (Å²) >= 11 is 0. The Morgan fingerprint density at radius 1 is 1.08 bits per heavy atom. The molecule has 2 aromatic rings. The van der Waals surface area contributed by atoms with E-state index in [0.29, 0.717) is 0 Å². The van der Waals surface area contributed by atoms with Crippen molar-refractivity contribution >= 4 is 11.6 Å². The third kappa shape index (κ3) is 3.50. The molecule has 0 saturated carbocycles. The number of anilines is 1. The number of nitrogens with one attached hydrogen (secondary N) is 1. The van der Waals surface area contributed by atoms with E-state index >= 15 is 0 Å². The topological polar surface area (TPSA) is 59.8 Å². The van der Waals surface area contributed by atoms with Crippen LogP contribution in [0.2, 0.25) is 0 Å². The molecule has 130 valence electrons. The standard InChI is InChI=1S/C20H24N4O/c25-20(16-7-3-1-4-8-16)21-17-12-10-15(11-13-17)19-23-22-18-9-5-2-6-14-24(18)19/h1,3,10-13,16H,2,4-9,14H2,(H,21,25). The van der Waals surface area contributed by atoms with Crippen molar-refractivity contribution in [2.24, 2.45) is 5.92 Å². The minimum atomic E-state index is 0.0944. The molecule has 0 spiro atoms. The Bertz CT molecular complexity index is 775. The molecule has 1 atom stereocenters. The van der Waals surface area contributed by atoms with Crippen molar-refractivity contribution in [2.45, 2.75) is 51.5 Å². The van der Waals surface area contributed by atoms with Crippen LogP contribution >= 0.6 is 0 Å². The van der Waals surface area contributed by atoms with E-state index in [9.17, 15) is 4.79 Å². The van der Waals surface area contributed by atoms with Crippen LogP contribution in [0.1, 0.15) is 44.3 Å². The summed E-state index contributed by atoms with van der Waals surface area (Å²) in [5.74, 6) is 2.24. The molecule has 0 radical (unpaired) electrons. The summed E-state index contributed by atoms with van der Waals surface area (Å²) in [4.78, 5) is 12.3. The van der Waals surface area contributed by atoms with Crippen molar-refractivity contribution in [1.82, 2.24) is 14.8 Å². The molecule has 25 heavy (non-hydrogen) atoms. The average Bonchev–Trinajstić information content (AvgIpc) is 2.91. The van der Waals surface area contributed by atoms with Gasteiger partial charge in [-0.1, -0.05) is 18.6 Å². The monoisotopic (exact) mass is 336 g/mol. The molecule has 1 amide bonds. The maximum absolute atomic E-state index is 12.3. The van der Waals surface area contributed by atoms with E-state index in [0.717, 1.165) is 55.1 Å². The Hall–Kier alpha value is -2.43. The van der Waals surface area contributed by atoms with Crippen LogP contribution in [0.3, 0.4) is 0 Å². The number of aromatic nitrogens is 3. The van der Waals surface area contributed by atoms with E-state index in [-0.39, 0.29) is 11.8 Å². The predicted molar refractivity (Wildman–Crippen MR) is 98.1 cm³/mol. The summed E-state index contributed by atoms with van der Waals surface area (Å²) in [5.41, 5.74) is 1.90. The third-order valence-electron chi connectivity index (χ3n) is 5.16. The Balaban J connectivity index is 1.48. The van der Waals surface area contributed by atoms with Crippen molar-refractivity contribution < 1.29 is 4.79 Å². The van der Waals surface area contributed by atoms with E-state index in [1.165, 1.54) is 19.3 Å². The molecular weight excluding hydrogens is 312 g/mol. The molecule has 1 aromatic heterocycles. The number of carbonyl (C=O) groups is 1. The molecular formula is C20H24N4O. The summed E-state index contributed by atoms with van der Waals surface area (Å²) in [7, 11) is 0. The van der Waals surface area contributed by atoms with Crippen molar-refractivity contribution in [3.63, 3.8) is 0 Å². The van der Waals surface area contributed by atoms with Crippen LogP contribution in [-0.2, 0) is 17.8 Å². The predicted octanol–water partition coefficient (Wildman–Crippen LogP) is 3.97. The first kappa shape index (κ1) is 16.1. The second-order valence-corrected chi connectivity index (χ2v) is 6.95. The summed E-state index contributed by atoms with van der Waals surface area (Å²) in [6.45, 7) is 0.991. The summed E-state index contributed by atoms with van der Waals surface area (Å²) in [6, 6.07) is 7.98. The van der Waals surface area contributed by atoms with Crippen LogP contribution in [0.4, 0.5) is 5.69 Å². The van der Waals surface area contributed by atoms with Gasteiger partial charge in [-0.25, -0.2) is 0 Å². The van der Waals surface area contributed by atoms with Crippen LogP contribution in [0, 0.1) is 5.92 Å². The first-order valence-electron chi connectivity index (χ1n) is 9.29. The lowest BCUT2D eigenvalue weighted by atomic mass is 9.93. The molecule has 1 unspecified atom stereocenters. The summed E-state index contributed by atoms with van der Waals surface area (Å²) in [6.07, 6.45) is 11.7. The van der Waals surface area contributed by atoms with Crippen molar-refractivity contribution in [3.8, 4) is 11.4 Å². The highest BCUT2D eigenvalue weighted by molar-refractivity contribution is 5.92. The number of fused-ring (bicyclic) bond motifs is 1. The number of hydrogen-bond acceptors (Lipinski definition) is 3. The minimum Gasteiger partial charge on any atom is -0.326 e. The zero-order chi connectivity index (χ0) is 17.1. The van der Waals surface area contributed by atoms with Gasteiger partial charge in [-0.05, 0) is 56.4 Å². The Labute approximate surface area is 148 Å². The van der Waals surface area contributed by atoms with E-state index in [1.54, 1.807) is 0 Å². The zero-order valence-corrected chi connectivity index (χ0v) is 14.4. The van der Waals surface area contributed by atoms with Gasteiger partial charge in [0.25, 0.3) is 0 Å². The number of hydrogen-bond donors (Lipinski definition) is 1. The summed E-state index contributed by atoms with van der Waals surface area (Å²) in [5, 5.41) is 11.8. The van der Waals surface area contributed by atoms with Gasteiger partial charge in [-0.3, -0.25) is 4.79 Å². The molecule has 4 rings (SSSR count). The first-order valence-corrected chi connectivity index (χ1v) is 9.29. The lowest BCUT2D eigenvalue weighted by molar-refractivity contribution is -0.120. The molecule has 1 aliphatic heterocycles. The van der Waals surface area contributed by atoms with Gasteiger partial charge in [0.1, 0.15) is 5.82 Å². The van der Waals surface area contributed by atoms with Gasteiger partial charge in [0.05, 0.1) is 0 Å². The normalized spacial score (nSPS) is 19.9. The third-order valence-corrected chi connectivity index (χ3v) is 5.16. The second-order valence-electron chi connectivity index (χ2n) is 6.95. The maximum Gasteiger partial charge on any atom is 0.227 e. The van der Waals surface area contributed by atoms with Gasteiger partial charge >= 0.3 is 0 Å². The quantitative estimate of drug-likeness (QED) is 0.863. The molecule has 2 heterocycles. The Morgan fingerprint density at radius 3 is 2.76 bits per heavy atom. The van der Waals surface area contributed by atoms with E-state index in [4.69, 9.17) is 0 Å². The molecule has 0 saturated heterocycles. The largest absolute Gasteiger partial charge is 0.326 e. The van der Waals surface area contributed by atoms with Crippen molar-refractivity contribution in [2.75, 3.05) is 5.32 Å². The van der Waals surface area contributed by atoms with Crippen LogP contribution in [0.15, 0.2) is 36.4 Å². The van der Waals surface area contributed by atoms with Crippen LogP contribution in [-0.4, -0.2) is 20.7 Å². The first-order chi connectivity index (χ1) is 12.3. The van der Waals surface area contributed by atoms with Gasteiger partial charge in [0, 0.05) is 30.1 Å². The molecule has 0 bridgehead atoms. The van der Waals surface area contributed by atoms with E-state index < -0.39 is 0 Å². The second kappa shape index (κ2) is 7.21. The highest BCUT2D eigenvalue weighted by Gasteiger charge is 2.19.